The van der Waals surface area contributed by atoms with Crippen LogP contribution in [0.5, 0.6) is 0 Å². The first-order chi connectivity index (χ1) is 18.6. The minimum atomic E-state index is 0.364. The normalized spacial score (nSPS) is 11.9. The molecular weight excluding hydrogens is 472 g/mol. The Morgan fingerprint density at radius 3 is 1.87 bits per heavy atom. The third-order valence-corrected chi connectivity index (χ3v) is 8.18. The van der Waals surface area contributed by atoms with Gasteiger partial charge in [-0.1, -0.05) is 95.6 Å². The van der Waals surface area contributed by atoms with Gasteiger partial charge in [-0.25, -0.2) is 4.57 Å². The fourth-order valence-corrected chi connectivity index (χ4v) is 5.86. The zero-order valence-corrected chi connectivity index (χ0v) is 25.1. The molecule has 0 bridgehead atoms. The van der Waals surface area contributed by atoms with E-state index in [1.165, 1.54) is 67.1 Å². The van der Waals surface area contributed by atoms with Crippen LogP contribution in [0.15, 0.2) is 78.9 Å². The summed E-state index contributed by atoms with van der Waals surface area (Å²) >= 11 is 0. The van der Waals surface area contributed by atoms with Crippen LogP contribution in [0.4, 0.5) is 0 Å². The van der Waals surface area contributed by atoms with Crippen LogP contribution in [-0.4, -0.2) is 4.57 Å². The summed E-state index contributed by atoms with van der Waals surface area (Å²) in [6, 6.07) is 29.6. The van der Waals surface area contributed by atoms with Gasteiger partial charge in [-0.05, 0) is 84.2 Å². The molecule has 0 aliphatic carbocycles. The summed E-state index contributed by atoms with van der Waals surface area (Å²) in [6.45, 7) is 18.3. The van der Waals surface area contributed by atoms with Gasteiger partial charge in [0.1, 0.15) is 5.69 Å². The Morgan fingerprint density at radius 2 is 1.28 bits per heavy atom. The summed E-state index contributed by atoms with van der Waals surface area (Å²) < 4.78 is 4.99. The number of hydrogen-bond acceptors (Lipinski definition) is 0. The lowest BCUT2D eigenvalue weighted by molar-refractivity contribution is -0.633. The lowest BCUT2D eigenvalue weighted by Gasteiger charge is -2.21. The second-order valence-electron chi connectivity index (χ2n) is 12.1. The number of nitrogens with zero attached hydrogens (tertiary/aromatic N) is 2. The Hall–Kier alpha value is -3.65. The van der Waals surface area contributed by atoms with Crippen molar-refractivity contribution in [3.63, 3.8) is 0 Å². The van der Waals surface area contributed by atoms with Gasteiger partial charge in [0.05, 0.1) is 12.6 Å². The van der Waals surface area contributed by atoms with Crippen LogP contribution >= 0.6 is 0 Å². The van der Waals surface area contributed by atoms with Gasteiger partial charge in [-0.2, -0.15) is 4.57 Å². The van der Waals surface area contributed by atoms with Gasteiger partial charge in [0.15, 0.2) is 11.0 Å². The van der Waals surface area contributed by atoms with Crippen LogP contribution < -0.4 is 4.57 Å². The zero-order valence-electron chi connectivity index (χ0n) is 25.1. The van der Waals surface area contributed by atoms with Gasteiger partial charge in [-0.3, -0.25) is 0 Å². The van der Waals surface area contributed by atoms with Crippen molar-refractivity contribution in [1.82, 2.24) is 4.57 Å². The van der Waals surface area contributed by atoms with Crippen molar-refractivity contribution < 1.29 is 4.57 Å². The Morgan fingerprint density at radius 1 is 0.641 bits per heavy atom. The average molecular weight is 516 g/mol. The first kappa shape index (κ1) is 26.9. The quantitative estimate of drug-likeness (QED) is 0.199. The van der Waals surface area contributed by atoms with Gasteiger partial charge >= 0.3 is 0 Å². The smallest absolute Gasteiger partial charge is 0.225 e. The number of benzene rings is 4. The van der Waals surface area contributed by atoms with E-state index in [-0.39, 0.29) is 0 Å². The van der Waals surface area contributed by atoms with E-state index in [1.807, 2.05) is 0 Å². The van der Waals surface area contributed by atoms with Crippen LogP contribution in [-0.2, 0) is 7.05 Å². The second-order valence-corrected chi connectivity index (χ2v) is 12.1. The van der Waals surface area contributed by atoms with Crippen molar-refractivity contribution in [2.75, 3.05) is 0 Å². The molecule has 0 radical (unpaired) electrons. The third kappa shape index (κ3) is 4.82. The van der Waals surface area contributed by atoms with Gasteiger partial charge in [0.2, 0.25) is 0 Å². The third-order valence-electron chi connectivity index (χ3n) is 8.18. The number of imidazole rings is 1. The van der Waals surface area contributed by atoms with E-state index in [1.54, 1.807) is 0 Å². The molecule has 0 fully saturated rings. The van der Waals surface area contributed by atoms with Crippen molar-refractivity contribution in [2.45, 2.75) is 73.1 Å². The Labute approximate surface area is 235 Å². The van der Waals surface area contributed by atoms with Crippen LogP contribution in [0.1, 0.15) is 87.1 Å². The molecular formula is C37H43N2+. The van der Waals surface area contributed by atoms with Gasteiger partial charge in [0, 0.05) is 11.1 Å². The van der Waals surface area contributed by atoms with E-state index in [0.29, 0.717) is 17.8 Å². The SMILES string of the molecule is Cc1ccc(C)c(-c2n(-c3c(C(C)C)cc(-c4ccccc4)cc3C(C)C)c3cc(C(C)C)ccc3[n+]2C)c1. The fraction of sp³-hybridized carbons (Fsp3) is 0.324. The molecule has 0 spiro atoms. The molecule has 0 saturated carbocycles. The molecule has 5 rings (SSSR count). The van der Waals surface area contributed by atoms with E-state index < -0.39 is 0 Å². The van der Waals surface area contributed by atoms with Gasteiger partial charge < -0.3 is 0 Å². The molecule has 39 heavy (non-hydrogen) atoms. The van der Waals surface area contributed by atoms with E-state index in [4.69, 9.17) is 0 Å². The maximum atomic E-state index is 2.59. The lowest BCUT2D eigenvalue weighted by atomic mass is 9.88. The Kier molecular flexibility index (Phi) is 7.25. The van der Waals surface area contributed by atoms with E-state index in [9.17, 15) is 0 Å². The van der Waals surface area contributed by atoms with Crippen molar-refractivity contribution >= 4 is 11.0 Å². The highest BCUT2D eigenvalue weighted by atomic mass is 15.2. The summed E-state index contributed by atoms with van der Waals surface area (Å²) in [7, 11) is 2.23. The topological polar surface area (TPSA) is 8.81 Å². The highest BCUT2D eigenvalue weighted by Gasteiger charge is 2.32. The Balaban J connectivity index is 1.98. The van der Waals surface area contributed by atoms with Crippen LogP contribution in [0.25, 0.3) is 39.2 Å². The molecule has 1 aromatic heterocycles. The summed E-state index contributed by atoms with van der Waals surface area (Å²) in [6.07, 6.45) is 0. The number of aromatic nitrogens is 2. The number of fused-ring (bicyclic) bond motifs is 1. The maximum Gasteiger partial charge on any atom is 0.295 e. The molecule has 0 aliphatic rings. The van der Waals surface area contributed by atoms with Crippen LogP contribution in [0, 0.1) is 13.8 Å². The highest BCUT2D eigenvalue weighted by Crippen LogP contribution is 2.40. The van der Waals surface area contributed by atoms with Gasteiger partial charge in [-0.15, -0.1) is 0 Å². The van der Waals surface area contributed by atoms with Crippen molar-refractivity contribution in [3.8, 4) is 28.2 Å². The maximum absolute atomic E-state index is 2.59. The van der Waals surface area contributed by atoms with E-state index in [2.05, 4.69) is 150 Å². The summed E-state index contributed by atoms with van der Waals surface area (Å²) in [5.41, 5.74) is 14.4. The fourth-order valence-electron chi connectivity index (χ4n) is 5.86. The largest absolute Gasteiger partial charge is 0.295 e. The minimum Gasteiger partial charge on any atom is -0.225 e. The predicted molar refractivity (Wildman–Crippen MR) is 167 cm³/mol. The molecule has 0 saturated heterocycles. The van der Waals surface area contributed by atoms with E-state index in [0.717, 1.165) is 0 Å². The monoisotopic (exact) mass is 515 g/mol. The highest BCUT2D eigenvalue weighted by molar-refractivity contribution is 5.83. The van der Waals surface area contributed by atoms with Crippen LogP contribution in [0.3, 0.4) is 0 Å². The molecule has 0 amide bonds. The number of rotatable bonds is 6. The van der Waals surface area contributed by atoms with Gasteiger partial charge in [0.25, 0.3) is 5.82 Å². The van der Waals surface area contributed by atoms with Crippen molar-refractivity contribution in [1.29, 1.82) is 0 Å². The standard InChI is InChI=1S/C37H43N2/c1-23(2)29-17-18-34-35(22-29)39(37(38(34)9)33-19-26(7)15-16-27(33)8)36-31(24(3)4)20-30(21-32(36)25(5)6)28-13-11-10-12-14-28/h10-25H,1-9H3/q+1. The zero-order chi connectivity index (χ0) is 28.0. The summed E-state index contributed by atoms with van der Waals surface area (Å²) in [5.74, 6) is 2.43. The predicted octanol–water partition coefficient (Wildman–Crippen LogP) is 9.78. The first-order valence-corrected chi connectivity index (χ1v) is 14.4. The van der Waals surface area contributed by atoms with Crippen molar-refractivity contribution in [2.24, 2.45) is 7.05 Å². The molecule has 200 valence electrons. The molecule has 0 unspecified atom stereocenters. The number of aryl methyl sites for hydroxylation is 3. The minimum absolute atomic E-state index is 0.364. The van der Waals surface area contributed by atoms with Crippen LogP contribution in [0.2, 0.25) is 0 Å². The molecule has 4 aromatic carbocycles. The van der Waals surface area contributed by atoms with Crippen molar-refractivity contribution in [3.05, 3.63) is 107 Å². The summed E-state index contributed by atoms with van der Waals surface area (Å²) in [5, 5.41) is 0. The Bertz CT molecular complexity index is 1620. The molecule has 0 N–H and O–H groups in total. The molecule has 2 heteroatoms. The molecule has 0 aliphatic heterocycles. The molecule has 2 nitrogen and oxygen atoms in total. The second kappa shape index (κ2) is 10.5. The molecule has 0 atom stereocenters. The average Bonchev–Trinajstić information content (AvgIpc) is 3.20. The number of hydrogen-bond donors (Lipinski definition) is 0. The molecule has 1 heterocycles. The summed E-state index contributed by atoms with van der Waals surface area (Å²) in [4.78, 5) is 0. The van der Waals surface area contributed by atoms with E-state index >= 15 is 0 Å². The first-order valence-electron chi connectivity index (χ1n) is 14.4. The molecule has 5 aromatic rings. The lowest BCUT2D eigenvalue weighted by Crippen LogP contribution is -2.30.